The van der Waals surface area contributed by atoms with Crippen LogP contribution >= 0.6 is 11.8 Å². The minimum absolute atomic E-state index is 0.535. The summed E-state index contributed by atoms with van der Waals surface area (Å²) < 4.78 is 0. The van der Waals surface area contributed by atoms with Gasteiger partial charge in [0.05, 0.1) is 11.1 Å². The molecule has 2 aromatic rings. The first kappa shape index (κ1) is 16.1. The van der Waals surface area contributed by atoms with Crippen LogP contribution in [0.15, 0.2) is 30.3 Å². The minimum Gasteiger partial charge on any atom is -0.387 e. The quantitative estimate of drug-likeness (QED) is 0.818. The van der Waals surface area contributed by atoms with E-state index in [1.807, 2.05) is 31.4 Å². The van der Waals surface area contributed by atoms with Crippen molar-refractivity contribution in [2.75, 3.05) is 23.9 Å². The average molecular weight is 304 g/mol. The molecule has 1 heterocycles. The van der Waals surface area contributed by atoms with Crippen molar-refractivity contribution in [2.24, 2.45) is 0 Å². The van der Waals surface area contributed by atoms with Crippen LogP contribution in [0.1, 0.15) is 26.0 Å². The van der Waals surface area contributed by atoms with E-state index in [0.29, 0.717) is 12.3 Å². The largest absolute Gasteiger partial charge is 0.387 e. The van der Waals surface area contributed by atoms with Gasteiger partial charge in [0.2, 0.25) is 0 Å². The molecule has 0 spiro atoms. The van der Waals surface area contributed by atoms with Gasteiger partial charge in [-0.1, -0.05) is 31.5 Å². The fourth-order valence-corrected chi connectivity index (χ4v) is 3.13. The molecule has 0 aliphatic heterocycles. The highest BCUT2D eigenvalue weighted by atomic mass is 32.2. The van der Waals surface area contributed by atoms with E-state index in [1.165, 1.54) is 0 Å². The number of para-hydroxylation sites is 1. The number of rotatable bonds is 7. The monoisotopic (exact) mass is 304 g/mol. The third kappa shape index (κ3) is 4.35. The molecule has 0 saturated carbocycles. The Morgan fingerprint density at radius 1 is 1.33 bits per heavy atom. The molecule has 0 bridgehead atoms. The van der Waals surface area contributed by atoms with Gasteiger partial charge in [0.15, 0.2) is 0 Å². The van der Waals surface area contributed by atoms with E-state index in [1.54, 1.807) is 11.8 Å². The fourth-order valence-electron chi connectivity index (χ4n) is 2.41. The maximum Gasteiger partial charge on any atom is 0.0880 e. The standard InChI is InChI=1S/C17H24N2OS/c1-4-7-13-10-16(18-11-17(2,20)12-21-3)14-8-5-6-9-15(14)19-13/h5-6,8-10,20H,4,7,11-12H2,1-3H3,(H,18,19). The second kappa shape index (κ2) is 7.14. The Morgan fingerprint density at radius 2 is 2.10 bits per heavy atom. The lowest BCUT2D eigenvalue weighted by Gasteiger charge is -2.24. The summed E-state index contributed by atoms with van der Waals surface area (Å²) in [6.45, 7) is 4.56. The summed E-state index contributed by atoms with van der Waals surface area (Å²) in [7, 11) is 0. The Kier molecular flexibility index (Phi) is 5.48. The number of thioether (sulfide) groups is 1. The van der Waals surface area contributed by atoms with Gasteiger partial charge >= 0.3 is 0 Å². The number of hydrogen-bond donors (Lipinski definition) is 2. The molecule has 0 amide bonds. The highest BCUT2D eigenvalue weighted by Gasteiger charge is 2.19. The first-order valence-corrected chi connectivity index (χ1v) is 8.79. The molecule has 0 aliphatic carbocycles. The summed E-state index contributed by atoms with van der Waals surface area (Å²) in [5, 5.41) is 14.8. The maximum absolute atomic E-state index is 10.3. The van der Waals surface area contributed by atoms with Crippen LogP contribution in [0.5, 0.6) is 0 Å². The van der Waals surface area contributed by atoms with Crippen molar-refractivity contribution < 1.29 is 5.11 Å². The maximum atomic E-state index is 10.3. The molecular weight excluding hydrogens is 280 g/mol. The molecule has 21 heavy (non-hydrogen) atoms. The van der Waals surface area contributed by atoms with Crippen molar-refractivity contribution in [3.05, 3.63) is 36.0 Å². The SMILES string of the molecule is CCCc1cc(NCC(C)(O)CSC)c2ccccc2n1. The van der Waals surface area contributed by atoms with Crippen molar-refractivity contribution in [2.45, 2.75) is 32.3 Å². The number of aromatic nitrogens is 1. The first-order chi connectivity index (χ1) is 10.1. The van der Waals surface area contributed by atoms with Gasteiger partial charge in [-0.15, -0.1) is 0 Å². The Morgan fingerprint density at radius 3 is 2.81 bits per heavy atom. The predicted molar refractivity (Wildman–Crippen MR) is 93.2 cm³/mol. The molecule has 1 aromatic carbocycles. The first-order valence-electron chi connectivity index (χ1n) is 7.39. The zero-order valence-electron chi connectivity index (χ0n) is 13.0. The molecule has 0 aliphatic rings. The van der Waals surface area contributed by atoms with Gasteiger partial charge in [-0.3, -0.25) is 4.98 Å². The number of hydrogen-bond acceptors (Lipinski definition) is 4. The lowest BCUT2D eigenvalue weighted by Crippen LogP contribution is -2.36. The molecule has 0 radical (unpaired) electrons. The van der Waals surface area contributed by atoms with Crippen LogP contribution in [0.25, 0.3) is 10.9 Å². The average Bonchev–Trinajstić information content (AvgIpc) is 2.45. The lowest BCUT2D eigenvalue weighted by atomic mass is 10.1. The summed E-state index contributed by atoms with van der Waals surface area (Å²) in [4.78, 5) is 4.70. The highest BCUT2D eigenvalue weighted by molar-refractivity contribution is 7.98. The molecule has 1 unspecified atom stereocenters. The minimum atomic E-state index is -0.714. The number of fused-ring (bicyclic) bond motifs is 1. The van der Waals surface area contributed by atoms with E-state index in [0.717, 1.165) is 35.1 Å². The molecule has 0 fully saturated rings. The number of pyridine rings is 1. The lowest BCUT2D eigenvalue weighted by molar-refractivity contribution is 0.0997. The van der Waals surface area contributed by atoms with Crippen LogP contribution in [0, 0.1) is 0 Å². The molecule has 2 rings (SSSR count). The van der Waals surface area contributed by atoms with Gasteiger partial charge in [0.1, 0.15) is 0 Å². The summed E-state index contributed by atoms with van der Waals surface area (Å²) in [5.41, 5.74) is 2.46. The molecule has 3 nitrogen and oxygen atoms in total. The number of anilines is 1. The van der Waals surface area contributed by atoms with Gasteiger partial charge in [-0.25, -0.2) is 0 Å². The van der Waals surface area contributed by atoms with Crippen molar-refractivity contribution in [3.63, 3.8) is 0 Å². The van der Waals surface area contributed by atoms with Crippen molar-refractivity contribution in [3.8, 4) is 0 Å². The second-order valence-electron chi connectivity index (χ2n) is 5.71. The third-order valence-electron chi connectivity index (χ3n) is 3.39. The summed E-state index contributed by atoms with van der Waals surface area (Å²) >= 11 is 1.66. The molecule has 2 N–H and O–H groups in total. The van der Waals surface area contributed by atoms with Crippen LogP contribution in [0.3, 0.4) is 0 Å². The number of aliphatic hydroxyl groups is 1. The molecule has 4 heteroatoms. The molecule has 0 saturated heterocycles. The Balaban J connectivity index is 2.28. The molecule has 1 aromatic heterocycles. The van der Waals surface area contributed by atoms with Crippen molar-refractivity contribution in [1.82, 2.24) is 4.98 Å². The highest BCUT2D eigenvalue weighted by Crippen LogP contribution is 2.24. The van der Waals surface area contributed by atoms with Gasteiger partial charge in [0.25, 0.3) is 0 Å². The Labute approximate surface area is 131 Å². The van der Waals surface area contributed by atoms with Gasteiger partial charge in [-0.05, 0) is 31.7 Å². The zero-order chi connectivity index (χ0) is 15.3. The molecular formula is C17H24N2OS. The van der Waals surface area contributed by atoms with Gasteiger partial charge in [0, 0.05) is 29.1 Å². The van der Waals surface area contributed by atoms with Crippen molar-refractivity contribution in [1.29, 1.82) is 0 Å². The second-order valence-corrected chi connectivity index (χ2v) is 6.58. The summed E-state index contributed by atoms with van der Waals surface area (Å²) in [5.74, 6) is 0.713. The number of nitrogens with one attached hydrogen (secondary N) is 1. The van der Waals surface area contributed by atoms with Crippen LogP contribution < -0.4 is 5.32 Å². The van der Waals surface area contributed by atoms with Gasteiger partial charge in [-0.2, -0.15) is 11.8 Å². The van der Waals surface area contributed by atoms with Crippen LogP contribution in [0.2, 0.25) is 0 Å². The summed E-state index contributed by atoms with van der Waals surface area (Å²) in [6, 6.07) is 10.3. The number of benzene rings is 1. The van der Waals surface area contributed by atoms with Gasteiger partial charge < -0.3 is 10.4 Å². The van der Waals surface area contributed by atoms with Crippen LogP contribution in [0.4, 0.5) is 5.69 Å². The zero-order valence-corrected chi connectivity index (χ0v) is 13.8. The van der Waals surface area contributed by atoms with Crippen LogP contribution in [-0.4, -0.2) is 34.2 Å². The molecule has 114 valence electrons. The number of aryl methyl sites for hydroxylation is 1. The smallest absolute Gasteiger partial charge is 0.0880 e. The fraction of sp³-hybridized carbons (Fsp3) is 0.471. The Bertz CT molecular complexity index is 598. The normalized spacial score (nSPS) is 14.1. The third-order valence-corrected chi connectivity index (χ3v) is 4.30. The van der Waals surface area contributed by atoms with Crippen LogP contribution in [-0.2, 0) is 6.42 Å². The van der Waals surface area contributed by atoms with Crippen molar-refractivity contribution >= 4 is 28.4 Å². The van der Waals surface area contributed by atoms with E-state index in [-0.39, 0.29) is 0 Å². The summed E-state index contributed by atoms with van der Waals surface area (Å²) in [6.07, 6.45) is 4.06. The topological polar surface area (TPSA) is 45.1 Å². The van der Waals surface area contributed by atoms with E-state index in [9.17, 15) is 5.11 Å². The Hall–Kier alpha value is -1.26. The van der Waals surface area contributed by atoms with E-state index in [4.69, 9.17) is 4.98 Å². The molecule has 1 atom stereocenters. The number of nitrogens with zero attached hydrogens (tertiary/aromatic N) is 1. The van der Waals surface area contributed by atoms with E-state index >= 15 is 0 Å². The van der Waals surface area contributed by atoms with E-state index < -0.39 is 5.60 Å². The van der Waals surface area contributed by atoms with E-state index in [2.05, 4.69) is 24.4 Å². The predicted octanol–water partition coefficient (Wildman–Crippen LogP) is 3.71.